The number of aromatic nitrogens is 3. The number of amides is 2. The van der Waals surface area contributed by atoms with Crippen LogP contribution in [0.3, 0.4) is 0 Å². The summed E-state index contributed by atoms with van der Waals surface area (Å²) in [6, 6.07) is 10.2. The molecule has 1 saturated heterocycles. The molecule has 1 aliphatic rings. The summed E-state index contributed by atoms with van der Waals surface area (Å²) in [5, 5.41) is 14.3. The minimum Gasteiger partial charge on any atom is -0.356 e. The van der Waals surface area contributed by atoms with Crippen molar-refractivity contribution >= 4 is 11.8 Å². The minimum atomic E-state index is 0.0190. The Morgan fingerprint density at radius 3 is 2.67 bits per heavy atom. The number of benzene rings is 1. The molecule has 8 nitrogen and oxygen atoms in total. The Morgan fingerprint density at radius 1 is 1.07 bits per heavy atom. The number of nitrogens with one attached hydrogen (secondary N) is 2. The second-order valence-electron chi connectivity index (χ2n) is 7.73. The summed E-state index contributed by atoms with van der Waals surface area (Å²) in [5.74, 6) is 1.21. The molecule has 0 saturated carbocycles. The van der Waals surface area contributed by atoms with E-state index in [1.54, 1.807) is 6.33 Å². The van der Waals surface area contributed by atoms with Crippen molar-refractivity contribution in [3.05, 3.63) is 48.0 Å². The monoisotopic (exact) mass is 412 g/mol. The third kappa shape index (κ3) is 6.66. The van der Waals surface area contributed by atoms with Gasteiger partial charge in [-0.2, -0.15) is 0 Å². The largest absolute Gasteiger partial charge is 0.356 e. The van der Waals surface area contributed by atoms with Gasteiger partial charge in [0.15, 0.2) is 0 Å². The fourth-order valence-corrected chi connectivity index (χ4v) is 3.85. The predicted molar refractivity (Wildman–Crippen MR) is 115 cm³/mol. The lowest BCUT2D eigenvalue weighted by atomic mass is 9.91. The number of carbonyl (C=O) groups excluding carboxylic acids is 2. The van der Waals surface area contributed by atoms with Gasteiger partial charge in [0.05, 0.1) is 13.1 Å². The minimum absolute atomic E-state index is 0.0190. The molecule has 1 aromatic carbocycles. The number of carbonyl (C=O) groups is 2. The molecule has 1 unspecified atom stereocenters. The molecule has 2 aromatic rings. The highest BCUT2D eigenvalue weighted by Crippen LogP contribution is 2.24. The summed E-state index contributed by atoms with van der Waals surface area (Å²) in [7, 11) is 0. The van der Waals surface area contributed by atoms with E-state index in [2.05, 4.69) is 37.9 Å². The van der Waals surface area contributed by atoms with Crippen LogP contribution in [-0.4, -0.2) is 57.7 Å². The maximum atomic E-state index is 12.6. The van der Waals surface area contributed by atoms with Gasteiger partial charge >= 0.3 is 0 Å². The maximum absolute atomic E-state index is 12.6. The van der Waals surface area contributed by atoms with Gasteiger partial charge in [0, 0.05) is 32.6 Å². The van der Waals surface area contributed by atoms with Crippen LogP contribution in [0.5, 0.6) is 0 Å². The molecule has 1 aliphatic heterocycles. The van der Waals surface area contributed by atoms with Crippen molar-refractivity contribution in [1.82, 2.24) is 30.3 Å². The maximum Gasteiger partial charge on any atom is 0.234 e. The highest BCUT2D eigenvalue weighted by molar-refractivity contribution is 5.78. The molecule has 2 N–H and O–H groups in total. The Bertz CT molecular complexity index is 807. The average molecular weight is 413 g/mol. The van der Waals surface area contributed by atoms with Crippen LogP contribution in [0.25, 0.3) is 0 Å². The van der Waals surface area contributed by atoms with E-state index < -0.39 is 0 Å². The number of nitrogens with zero attached hydrogens (tertiary/aromatic N) is 4. The molecule has 2 heterocycles. The van der Waals surface area contributed by atoms with Crippen LogP contribution < -0.4 is 10.6 Å². The van der Waals surface area contributed by atoms with E-state index in [1.165, 1.54) is 5.56 Å². The Morgan fingerprint density at radius 2 is 1.87 bits per heavy atom. The number of aryl methyl sites for hydroxylation is 1. The molecule has 3 rings (SSSR count). The van der Waals surface area contributed by atoms with E-state index in [9.17, 15) is 9.59 Å². The van der Waals surface area contributed by atoms with Crippen LogP contribution in [0.15, 0.2) is 36.7 Å². The molecular formula is C22H32N6O2. The van der Waals surface area contributed by atoms with Gasteiger partial charge in [-0.25, -0.2) is 0 Å². The van der Waals surface area contributed by atoms with Crippen molar-refractivity contribution in [1.29, 1.82) is 0 Å². The Hall–Kier alpha value is -2.74. The molecule has 2 amide bonds. The first-order valence-corrected chi connectivity index (χ1v) is 10.8. The average Bonchev–Trinajstić information content (AvgIpc) is 3.20. The van der Waals surface area contributed by atoms with Gasteiger partial charge < -0.3 is 15.2 Å². The molecule has 8 heteroatoms. The number of hydrogen-bond acceptors (Lipinski definition) is 5. The van der Waals surface area contributed by atoms with Gasteiger partial charge in [-0.1, -0.05) is 30.3 Å². The van der Waals surface area contributed by atoms with E-state index in [4.69, 9.17) is 0 Å². The van der Waals surface area contributed by atoms with Gasteiger partial charge in [0.2, 0.25) is 11.8 Å². The van der Waals surface area contributed by atoms with Crippen molar-refractivity contribution < 1.29 is 9.59 Å². The fourth-order valence-electron chi connectivity index (χ4n) is 3.85. The zero-order valence-electron chi connectivity index (χ0n) is 17.7. The molecule has 0 aliphatic carbocycles. The van der Waals surface area contributed by atoms with Crippen LogP contribution >= 0.6 is 0 Å². The second kappa shape index (κ2) is 11.4. The zero-order valence-corrected chi connectivity index (χ0v) is 17.7. The van der Waals surface area contributed by atoms with Crippen molar-refractivity contribution in [3.8, 4) is 0 Å². The summed E-state index contributed by atoms with van der Waals surface area (Å²) >= 11 is 0. The normalized spacial score (nSPS) is 20.2. The molecule has 162 valence electrons. The molecule has 0 radical (unpaired) electrons. The first-order valence-electron chi connectivity index (χ1n) is 10.8. The molecule has 0 spiro atoms. The van der Waals surface area contributed by atoms with Crippen LogP contribution in [-0.2, 0) is 22.7 Å². The van der Waals surface area contributed by atoms with E-state index in [-0.39, 0.29) is 17.7 Å². The van der Waals surface area contributed by atoms with Crippen LogP contribution in [0.2, 0.25) is 0 Å². The first-order chi connectivity index (χ1) is 14.7. The molecule has 0 bridgehead atoms. The van der Waals surface area contributed by atoms with Gasteiger partial charge in [-0.3, -0.25) is 14.5 Å². The van der Waals surface area contributed by atoms with Crippen molar-refractivity contribution in [2.75, 3.05) is 26.2 Å². The Labute approximate surface area is 178 Å². The quantitative estimate of drug-likeness (QED) is 0.797. The lowest BCUT2D eigenvalue weighted by molar-refractivity contribution is -0.123. The highest BCUT2D eigenvalue weighted by atomic mass is 16.2. The fraction of sp³-hybridized carbons (Fsp3) is 0.545. The van der Waals surface area contributed by atoms with Crippen molar-refractivity contribution in [2.45, 2.75) is 51.6 Å². The van der Waals surface area contributed by atoms with Gasteiger partial charge in [0.1, 0.15) is 12.2 Å². The third-order valence-electron chi connectivity index (χ3n) is 5.55. The van der Waals surface area contributed by atoms with Crippen LogP contribution in [0.4, 0.5) is 0 Å². The standard InChI is InChI=1S/C22H32N6O2/c1-2-28-17-25-26-20(28)15-27-14-6-12-23-21(29)10-9-19(11-13-24-22(30)16-27)18-7-4-3-5-8-18/h3-5,7-8,17,19H,2,6,9-16H2,1H3,(H,23,29)(H,24,30). The molecule has 30 heavy (non-hydrogen) atoms. The lowest BCUT2D eigenvalue weighted by Gasteiger charge is -2.23. The van der Waals surface area contributed by atoms with E-state index in [0.717, 1.165) is 31.6 Å². The molecule has 1 atom stereocenters. The predicted octanol–water partition coefficient (Wildman–Crippen LogP) is 1.69. The SMILES string of the molecule is CCn1cnnc1CN1CCCNC(=O)CCC(c2ccccc2)CCNC(=O)C1. The van der Waals surface area contributed by atoms with Crippen molar-refractivity contribution in [2.24, 2.45) is 0 Å². The summed E-state index contributed by atoms with van der Waals surface area (Å²) < 4.78 is 1.98. The first kappa shape index (κ1) is 22.0. The summed E-state index contributed by atoms with van der Waals surface area (Å²) in [4.78, 5) is 26.9. The zero-order chi connectivity index (χ0) is 21.2. The Balaban J connectivity index is 1.64. The van der Waals surface area contributed by atoms with Crippen molar-refractivity contribution in [3.63, 3.8) is 0 Å². The highest BCUT2D eigenvalue weighted by Gasteiger charge is 2.18. The number of rotatable bonds is 4. The van der Waals surface area contributed by atoms with Crippen LogP contribution in [0, 0.1) is 0 Å². The lowest BCUT2D eigenvalue weighted by Crippen LogP contribution is -2.39. The van der Waals surface area contributed by atoms with Gasteiger partial charge in [0.25, 0.3) is 0 Å². The Kier molecular flexibility index (Phi) is 8.38. The number of hydrogen-bond donors (Lipinski definition) is 2. The summed E-state index contributed by atoms with van der Waals surface area (Å²) in [6.07, 6.45) is 4.58. The second-order valence-corrected chi connectivity index (χ2v) is 7.73. The summed E-state index contributed by atoms with van der Waals surface area (Å²) in [5.41, 5.74) is 1.21. The molecule has 1 aromatic heterocycles. The molecule has 1 fully saturated rings. The molecular weight excluding hydrogens is 380 g/mol. The summed E-state index contributed by atoms with van der Waals surface area (Å²) in [6.45, 7) is 5.60. The van der Waals surface area contributed by atoms with Crippen LogP contribution in [0.1, 0.15) is 49.9 Å². The van der Waals surface area contributed by atoms with Gasteiger partial charge in [-0.15, -0.1) is 10.2 Å². The van der Waals surface area contributed by atoms with E-state index in [1.807, 2.05) is 29.7 Å². The van der Waals surface area contributed by atoms with E-state index >= 15 is 0 Å². The van der Waals surface area contributed by atoms with E-state index in [0.29, 0.717) is 39.1 Å². The van der Waals surface area contributed by atoms with Gasteiger partial charge in [-0.05, 0) is 37.7 Å². The smallest absolute Gasteiger partial charge is 0.234 e. The third-order valence-corrected chi connectivity index (χ3v) is 5.55. The topological polar surface area (TPSA) is 92.2 Å².